The predicted octanol–water partition coefficient (Wildman–Crippen LogP) is 2.32. The maximum Gasteiger partial charge on any atom is 0.129 e. The van der Waals surface area contributed by atoms with Crippen LogP contribution in [0.1, 0.15) is 24.2 Å². The van der Waals surface area contributed by atoms with Crippen LogP contribution in [0.4, 0.5) is 0 Å². The molecule has 0 aliphatic rings. The van der Waals surface area contributed by atoms with Crippen molar-refractivity contribution >= 4 is 11.6 Å². The molecule has 2 nitrogen and oxygen atoms in total. The second-order valence-electron chi connectivity index (χ2n) is 2.87. The molecule has 66 valence electrons. The standard InChI is InChI=1S/C9H13ClN2/c1-6-4-8(7(2)11-3)5-9(10)12-6/h4-5,7,11H,1-3H3. The lowest BCUT2D eigenvalue weighted by Gasteiger charge is -2.10. The molecule has 0 saturated carbocycles. The molecule has 12 heavy (non-hydrogen) atoms. The van der Waals surface area contributed by atoms with E-state index in [2.05, 4.69) is 17.2 Å². The largest absolute Gasteiger partial charge is 0.313 e. The van der Waals surface area contributed by atoms with Crippen LogP contribution in [-0.2, 0) is 0 Å². The summed E-state index contributed by atoms with van der Waals surface area (Å²) in [6.07, 6.45) is 0. The van der Waals surface area contributed by atoms with E-state index < -0.39 is 0 Å². The Labute approximate surface area is 78.0 Å². The van der Waals surface area contributed by atoms with Gasteiger partial charge < -0.3 is 5.32 Å². The Morgan fingerprint density at radius 2 is 2.17 bits per heavy atom. The molecule has 1 atom stereocenters. The second kappa shape index (κ2) is 3.87. The first-order valence-corrected chi connectivity index (χ1v) is 4.32. The van der Waals surface area contributed by atoms with E-state index in [1.54, 1.807) is 0 Å². The van der Waals surface area contributed by atoms with Gasteiger partial charge in [0.15, 0.2) is 0 Å². The molecule has 1 heterocycles. The van der Waals surface area contributed by atoms with Crippen molar-refractivity contribution in [3.63, 3.8) is 0 Å². The molecule has 0 saturated heterocycles. The Morgan fingerprint density at radius 3 is 2.67 bits per heavy atom. The Morgan fingerprint density at radius 1 is 1.50 bits per heavy atom. The predicted molar refractivity (Wildman–Crippen MR) is 51.5 cm³/mol. The average Bonchev–Trinajstić information content (AvgIpc) is 2.01. The monoisotopic (exact) mass is 184 g/mol. The molecule has 0 aliphatic heterocycles. The number of aryl methyl sites for hydroxylation is 1. The first kappa shape index (κ1) is 9.49. The van der Waals surface area contributed by atoms with Crippen molar-refractivity contribution in [2.24, 2.45) is 0 Å². The van der Waals surface area contributed by atoms with Crippen LogP contribution in [0.2, 0.25) is 5.15 Å². The maximum absolute atomic E-state index is 5.81. The number of pyridine rings is 1. The van der Waals surface area contributed by atoms with Crippen molar-refractivity contribution < 1.29 is 0 Å². The molecule has 1 N–H and O–H groups in total. The van der Waals surface area contributed by atoms with Crippen LogP contribution in [0, 0.1) is 6.92 Å². The van der Waals surface area contributed by atoms with Gasteiger partial charge in [-0.1, -0.05) is 11.6 Å². The van der Waals surface area contributed by atoms with Gasteiger partial charge in [0.2, 0.25) is 0 Å². The van der Waals surface area contributed by atoms with Gasteiger partial charge in [-0.05, 0) is 38.6 Å². The summed E-state index contributed by atoms with van der Waals surface area (Å²) < 4.78 is 0. The van der Waals surface area contributed by atoms with Crippen molar-refractivity contribution in [3.05, 3.63) is 28.5 Å². The Kier molecular flexibility index (Phi) is 3.06. The minimum atomic E-state index is 0.323. The highest BCUT2D eigenvalue weighted by atomic mass is 35.5. The minimum Gasteiger partial charge on any atom is -0.313 e. The van der Waals surface area contributed by atoms with Crippen molar-refractivity contribution in [2.75, 3.05) is 7.05 Å². The molecule has 0 amide bonds. The van der Waals surface area contributed by atoms with Gasteiger partial charge in [-0.2, -0.15) is 0 Å². The van der Waals surface area contributed by atoms with Crippen LogP contribution in [0.3, 0.4) is 0 Å². The SMILES string of the molecule is CNC(C)c1cc(C)nc(Cl)c1. The fourth-order valence-corrected chi connectivity index (χ4v) is 1.33. The fraction of sp³-hybridized carbons (Fsp3) is 0.444. The summed E-state index contributed by atoms with van der Waals surface area (Å²) in [4.78, 5) is 4.09. The Bertz CT molecular complexity index is 253. The Hall–Kier alpha value is -0.600. The highest BCUT2D eigenvalue weighted by Gasteiger charge is 2.04. The van der Waals surface area contributed by atoms with Crippen LogP contribution in [0.15, 0.2) is 12.1 Å². The summed E-state index contributed by atoms with van der Waals surface area (Å²) in [5.41, 5.74) is 2.13. The fourth-order valence-electron chi connectivity index (χ4n) is 1.07. The smallest absolute Gasteiger partial charge is 0.129 e. The highest BCUT2D eigenvalue weighted by molar-refractivity contribution is 6.29. The molecular formula is C9H13ClN2. The zero-order chi connectivity index (χ0) is 9.14. The van der Waals surface area contributed by atoms with Crippen LogP contribution in [0.5, 0.6) is 0 Å². The lowest BCUT2D eigenvalue weighted by molar-refractivity contribution is 0.650. The summed E-state index contributed by atoms with van der Waals surface area (Å²) in [5, 5.41) is 3.71. The minimum absolute atomic E-state index is 0.323. The van der Waals surface area contributed by atoms with E-state index in [9.17, 15) is 0 Å². The van der Waals surface area contributed by atoms with Gasteiger partial charge in [0.05, 0.1) is 0 Å². The molecule has 0 aliphatic carbocycles. The maximum atomic E-state index is 5.81. The normalized spacial score (nSPS) is 13.0. The average molecular weight is 185 g/mol. The molecule has 0 aromatic carbocycles. The Balaban J connectivity index is 3.00. The number of halogens is 1. The molecule has 1 rings (SSSR count). The van der Waals surface area contributed by atoms with Crippen molar-refractivity contribution in [3.8, 4) is 0 Å². The van der Waals surface area contributed by atoms with Crippen molar-refractivity contribution in [2.45, 2.75) is 19.9 Å². The molecule has 0 radical (unpaired) electrons. The molecule has 0 bridgehead atoms. The lowest BCUT2D eigenvalue weighted by atomic mass is 10.1. The van der Waals surface area contributed by atoms with Gasteiger partial charge in [-0.3, -0.25) is 0 Å². The zero-order valence-corrected chi connectivity index (χ0v) is 8.31. The molecule has 1 aromatic rings. The first-order valence-electron chi connectivity index (χ1n) is 3.95. The molecular weight excluding hydrogens is 172 g/mol. The molecule has 1 unspecified atom stereocenters. The first-order chi connectivity index (χ1) is 5.63. The van der Waals surface area contributed by atoms with Gasteiger partial charge in [0.25, 0.3) is 0 Å². The zero-order valence-electron chi connectivity index (χ0n) is 7.56. The number of aromatic nitrogens is 1. The summed E-state index contributed by atoms with van der Waals surface area (Å²) in [7, 11) is 1.92. The van der Waals surface area contributed by atoms with Gasteiger partial charge in [-0.25, -0.2) is 4.98 Å². The summed E-state index contributed by atoms with van der Waals surface area (Å²) in [6, 6.07) is 4.24. The number of hydrogen-bond acceptors (Lipinski definition) is 2. The number of rotatable bonds is 2. The highest BCUT2D eigenvalue weighted by Crippen LogP contribution is 2.16. The topological polar surface area (TPSA) is 24.9 Å². The van der Waals surface area contributed by atoms with E-state index in [0.29, 0.717) is 11.2 Å². The van der Waals surface area contributed by atoms with Gasteiger partial charge >= 0.3 is 0 Å². The van der Waals surface area contributed by atoms with Crippen LogP contribution in [0.25, 0.3) is 0 Å². The number of hydrogen-bond donors (Lipinski definition) is 1. The van der Waals surface area contributed by atoms with Crippen molar-refractivity contribution in [1.29, 1.82) is 0 Å². The van der Waals surface area contributed by atoms with Crippen molar-refractivity contribution in [1.82, 2.24) is 10.3 Å². The molecule has 0 fully saturated rings. The molecule has 0 spiro atoms. The third-order valence-electron chi connectivity index (χ3n) is 1.88. The molecule has 3 heteroatoms. The summed E-state index contributed by atoms with van der Waals surface area (Å²) in [6.45, 7) is 4.03. The van der Waals surface area contributed by atoms with E-state index in [1.165, 1.54) is 5.56 Å². The quantitative estimate of drug-likeness (QED) is 0.714. The third kappa shape index (κ3) is 2.19. The van der Waals surface area contributed by atoms with Gasteiger partial charge in [-0.15, -0.1) is 0 Å². The molecule has 1 aromatic heterocycles. The second-order valence-corrected chi connectivity index (χ2v) is 3.26. The summed E-state index contributed by atoms with van der Waals surface area (Å²) in [5.74, 6) is 0. The number of nitrogens with zero attached hydrogens (tertiary/aromatic N) is 1. The van der Waals surface area contributed by atoms with E-state index in [-0.39, 0.29) is 0 Å². The van der Waals surface area contributed by atoms with E-state index in [1.807, 2.05) is 26.1 Å². The van der Waals surface area contributed by atoms with Crippen LogP contribution in [-0.4, -0.2) is 12.0 Å². The van der Waals surface area contributed by atoms with Crippen LogP contribution >= 0.6 is 11.6 Å². The lowest BCUT2D eigenvalue weighted by Crippen LogP contribution is -2.12. The number of nitrogens with one attached hydrogen (secondary N) is 1. The van der Waals surface area contributed by atoms with E-state index in [0.717, 1.165) is 5.69 Å². The van der Waals surface area contributed by atoms with Gasteiger partial charge in [0.1, 0.15) is 5.15 Å². The summed E-state index contributed by atoms with van der Waals surface area (Å²) >= 11 is 5.81. The van der Waals surface area contributed by atoms with Crippen LogP contribution < -0.4 is 5.32 Å². The van der Waals surface area contributed by atoms with E-state index in [4.69, 9.17) is 11.6 Å². The third-order valence-corrected chi connectivity index (χ3v) is 2.07. The van der Waals surface area contributed by atoms with Gasteiger partial charge in [0, 0.05) is 11.7 Å². The van der Waals surface area contributed by atoms with E-state index >= 15 is 0 Å².